The highest BCUT2D eigenvalue weighted by atomic mass is 16.5. The molecule has 2 unspecified atom stereocenters. The molecule has 7 heteroatoms. The number of hydrogen-bond donors (Lipinski definition) is 0. The Morgan fingerprint density at radius 3 is 2.37 bits per heavy atom. The molecule has 0 aliphatic heterocycles. The van der Waals surface area contributed by atoms with Crippen LogP contribution in [0.2, 0.25) is 0 Å². The molecule has 38 heavy (non-hydrogen) atoms. The molecule has 7 nitrogen and oxygen atoms in total. The molecule has 0 radical (unpaired) electrons. The van der Waals surface area contributed by atoms with Gasteiger partial charge in [-0.2, -0.15) is 0 Å². The fourth-order valence-electron chi connectivity index (χ4n) is 5.26. The van der Waals surface area contributed by atoms with Crippen LogP contribution in [0.4, 0.5) is 0 Å². The fourth-order valence-corrected chi connectivity index (χ4v) is 5.26. The van der Waals surface area contributed by atoms with Crippen LogP contribution in [-0.2, 0) is 9.53 Å². The largest absolute Gasteiger partial charge is 0.497 e. The molecule has 0 saturated heterocycles. The van der Waals surface area contributed by atoms with E-state index in [0.717, 1.165) is 6.42 Å². The van der Waals surface area contributed by atoms with E-state index in [9.17, 15) is 9.59 Å². The lowest BCUT2D eigenvalue weighted by Crippen LogP contribution is -2.40. The van der Waals surface area contributed by atoms with E-state index in [1.807, 2.05) is 54.3 Å². The van der Waals surface area contributed by atoms with Crippen LogP contribution in [0.1, 0.15) is 72.2 Å². The Bertz CT molecular complexity index is 1260. The molecule has 1 aromatic heterocycles. The number of methoxy groups -OCH3 is 2. The van der Waals surface area contributed by atoms with Crippen molar-refractivity contribution in [3.63, 3.8) is 0 Å². The molecule has 0 N–H and O–H groups in total. The van der Waals surface area contributed by atoms with Crippen molar-refractivity contribution in [2.24, 2.45) is 11.3 Å². The zero-order valence-electron chi connectivity index (χ0n) is 24.0. The predicted molar refractivity (Wildman–Crippen MR) is 153 cm³/mol. The molecule has 0 bridgehead atoms. The summed E-state index contributed by atoms with van der Waals surface area (Å²) < 4.78 is 12.3. The van der Waals surface area contributed by atoms with Gasteiger partial charge >= 0.3 is 0 Å². The van der Waals surface area contributed by atoms with Crippen LogP contribution in [0.5, 0.6) is 5.75 Å². The minimum absolute atomic E-state index is 0.0772. The van der Waals surface area contributed by atoms with Gasteiger partial charge in [-0.05, 0) is 67.0 Å². The standard InChI is InChI=1S/C31H43N3O4/c1-8-27(33(18-11-19-37-6)28(35)20-22(2)21-31(3,4)5)29-32-26-13-10-9-12-25(26)30(36)34(29)23-14-16-24(38-7)17-15-23/h9-10,12-17,22,27H,8,11,18-21H2,1-7H3. The highest BCUT2D eigenvalue weighted by Gasteiger charge is 2.30. The lowest BCUT2D eigenvalue weighted by atomic mass is 9.84. The molecular formula is C31H43N3O4. The zero-order valence-corrected chi connectivity index (χ0v) is 24.0. The summed E-state index contributed by atoms with van der Waals surface area (Å²) in [6.45, 7) is 11.9. The lowest BCUT2D eigenvalue weighted by Gasteiger charge is -2.34. The van der Waals surface area contributed by atoms with E-state index in [4.69, 9.17) is 14.5 Å². The van der Waals surface area contributed by atoms with Crippen molar-refractivity contribution in [2.75, 3.05) is 27.4 Å². The maximum absolute atomic E-state index is 13.9. The lowest BCUT2D eigenvalue weighted by molar-refractivity contribution is -0.135. The van der Waals surface area contributed by atoms with Crippen molar-refractivity contribution in [2.45, 2.75) is 66.3 Å². The van der Waals surface area contributed by atoms with E-state index in [1.54, 1.807) is 24.9 Å². The van der Waals surface area contributed by atoms with Crippen molar-refractivity contribution in [1.82, 2.24) is 14.5 Å². The monoisotopic (exact) mass is 521 g/mol. The molecule has 3 aromatic rings. The summed E-state index contributed by atoms with van der Waals surface area (Å²) in [6.07, 6.45) is 2.72. The maximum Gasteiger partial charge on any atom is 0.266 e. The topological polar surface area (TPSA) is 73.7 Å². The third-order valence-electron chi connectivity index (χ3n) is 6.74. The average Bonchev–Trinajstić information content (AvgIpc) is 2.87. The van der Waals surface area contributed by atoms with Gasteiger partial charge in [-0.3, -0.25) is 14.2 Å². The van der Waals surface area contributed by atoms with E-state index in [-0.39, 0.29) is 28.8 Å². The summed E-state index contributed by atoms with van der Waals surface area (Å²) in [5.74, 6) is 1.58. The van der Waals surface area contributed by atoms with E-state index in [2.05, 4.69) is 27.7 Å². The molecule has 1 heterocycles. The van der Waals surface area contributed by atoms with Crippen LogP contribution < -0.4 is 10.3 Å². The minimum atomic E-state index is -0.374. The number of nitrogens with zero attached hydrogens (tertiary/aromatic N) is 3. The third-order valence-corrected chi connectivity index (χ3v) is 6.74. The number of fused-ring (bicyclic) bond motifs is 1. The summed E-state index contributed by atoms with van der Waals surface area (Å²) in [7, 11) is 3.28. The molecule has 0 fully saturated rings. The second-order valence-electron chi connectivity index (χ2n) is 11.3. The molecule has 0 aliphatic carbocycles. The van der Waals surface area contributed by atoms with E-state index < -0.39 is 0 Å². The SMILES string of the molecule is CCC(c1nc2ccccc2c(=O)n1-c1ccc(OC)cc1)N(CCCOC)C(=O)CC(C)CC(C)(C)C. The van der Waals surface area contributed by atoms with Crippen LogP contribution in [0, 0.1) is 11.3 Å². The summed E-state index contributed by atoms with van der Waals surface area (Å²) in [4.78, 5) is 34.6. The Morgan fingerprint density at radius 1 is 1.08 bits per heavy atom. The van der Waals surface area contributed by atoms with Gasteiger partial charge in [0, 0.05) is 26.7 Å². The van der Waals surface area contributed by atoms with Gasteiger partial charge in [0.05, 0.1) is 29.7 Å². The molecule has 0 spiro atoms. The smallest absolute Gasteiger partial charge is 0.266 e. The van der Waals surface area contributed by atoms with Gasteiger partial charge in [-0.25, -0.2) is 4.98 Å². The van der Waals surface area contributed by atoms with Gasteiger partial charge in [0.25, 0.3) is 5.56 Å². The van der Waals surface area contributed by atoms with Gasteiger partial charge < -0.3 is 14.4 Å². The first-order valence-corrected chi connectivity index (χ1v) is 13.5. The minimum Gasteiger partial charge on any atom is -0.497 e. The Labute approximate surface area is 226 Å². The first-order chi connectivity index (χ1) is 18.1. The highest BCUT2D eigenvalue weighted by Crippen LogP contribution is 2.30. The van der Waals surface area contributed by atoms with E-state index >= 15 is 0 Å². The second kappa shape index (κ2) is 13.1. The third kappa shape index (κ3) is 7.22. The second-order valence-corrected chi connectivity index (χ2v) is 11.3. The van der Waals surface area contributed by atoms with Crippen molar-refractivity contribution < 1.29 is 14.3 Å². The number of carbonyl (C=O) groups excluding carboxylic acids is 1. The van der Waals surface area contributed by atoms with Gasteiger partial charge in [0.15, 0.2) is 0 Å². The molecule has 3 rings (SSSR count). The Hall–Kier alpha value is -3.19. The van der Waals surface area contributed by atoms with Crippen molar-refractivity contribution in [3.05, 3.63) is 64.7 Å². The highest BCUT2D eigenvalue weighted by molar-refractivity contribution is 5.79. The Kier molecular flexibility index (Phi) is 10.1. The predicted octanol–water partition coefficient (Wildman–Crippen LogP) is 6.17. The summed E-state index contributed by atoms with van der Waals surface area (Å²) in [6, 6.07) is 14.4. The number of aromatic nitrogens is 2. The van der Waals surface area contributed by atoms with Gasteiger partial charge in [-0.1, -0.05) is 46.8 Å². The van der Waals surface area contributed by atoms with Crippen LogP contribution in [0.3, 0.4) is 0 Å². The molecule has 1 amide bonds. The Morgan fingerprint density at radius 2 is 1.76 bits per heavy atom. The van der Waals surface area contributed by atoms with Crippen LogP contribution in [0.15, 0.2) is 53.3 Å². The van der Waals surface area contributed by atoms with Gasteiger partial charge in [0.2, 0.25) is 5.91 Å². The molecular weight excluding hydrogens is 478 g/mol. The van der Waals surface area contributed by atoms with E-state index in [0.29, 0.717) is 60.6 Å². The molecule has 0 aliphatic rings. The van der Waals surface area contributed by atoms with Crippen molar-refractivity contribution in [3.8, 4) is 11.4 Å². The molecule has 206 valence electrons. The number of ether oxygens (including phenoxy) is 2. The van der Waals surface area contributed by atoms with Gasteiger partial charge in [0.1, 0.15) is 11.6 Å². The number of benzene rings is 2. The number of hydrogen-bond acceptors (Lipinski definition) is 5. The zero-order chi connectivity index (χ0) is 27.9. The number of amides is 1. The number of rotatable bonds is 12. The van der Waals surface area contributed by atoms with Crippen LogP contribution >= 0.6 is 0 Å². The molecule has 2 aromatic carbocycles. The van der Waals surface area contributed by atoms with Crippen LogP contribution in [0.25, 0.3) is 16.6 Å². The first-order valence-electron chi connectivity index (χ1n) is 13.5. The quantitative estimate of drug-likeness (QED) is 0.266. The van der Waals surface area contributed by atoms with E-state index in [1.165, 1.54) is 0 Å². The molecule has 2 atom stereocenters. The van der Waals surface area contributed by atoms with Crippen LogP contribution in [-0.4, -0.2) is 47.7 Å². The number of para-hydroxylation sites is 1. The van der Waals surface area contributed by atoms with Crippen molar-refractivity contribution >= 4 is 16.8 Å². The Balaban J connectivity index is 2.14. The number of carbonyl (C=O) groups is 1. The van der Waals surface area contributed by atoms with Gasteiger partial charge in [-0.15, -0.1) is 0 Å². The molecule has 0 saturated carbocycles. The normalized spacial score (nSPS) is 13.3. The maximum atomic E-state index is 13.9. The summed E-state index contributed by atoms with van der Waals surface area (Å²) >= 11 is 0. The average molecular weight is 522 g/mol. The summed E-state index contributed by atoms with van der Waals surface area (Å²) in [5.41, 5.74) is 1.30. The fraction of sp³-hybridized carbons (Fsp3) is 0.516. The van der Waals surface area contributed by atoms with Crippen molar-refractivity contribution in [1.29, 1.82) is 0 Å². The summed E-state index contributed by atoms with van der Waals surface area (Å²) in [5, 5.41) is 0.540. The first kappa shape index (κ1) is 29.4.